The smallest absolute Gasteiger partial charge is 0.339 e. The molecule has 0 aliphatic heterocycles. The summed E-state index contributed by atoms with van der Waals surface area (Å²) in [7, 11) is 0.965. The van der Waals surface area contributed by atoms with Crippen LogP contribution in [0.25, 0.3) is 0 Å². The zero-order chi connectivity index (χ0) is 13.2. The van der Waals surface area contributed by atoms with Gasteiger partial charge in [-0.2, -0.15) is 0 Å². The van der Waals surface area contributed by atoms with E-state index in [1.165, 1.54) is 0 Å². The van der Waals surface area contributed by atoms with Crippen LogP contribution in [0.3, 0.4) is 0 Å². The van der Waals surface area contributed by atoms with Crippen molar-refractivity contribution in [3.05, 3.63) is 28.0 Å². The second kappa shape index (κ2) is 5.32. The number of esters is 1. The summed E-state index contributed by atoms with van der Waals surface area (Å²) in [6.45, 7) is 1.66. The molecule has 0 saturated carbocycles. The molecule has 0 aliphatic carbocycles. The molecule has 0 heterocycles. The van der Waals surface area contributed by atoms with Gasteiger partial charge in [0.05, 0.1) is 21.5 Å². The summed E-state index contributed by atoms with van der Waals surface area (Å²) in [4.78, 5) is 10.9. The molecule has 0 bridgehead atoms. The van der Waals surface area contributed by atoms with Crippen molar-refractivity contribution in [1.29, 1.82) is 0 Å². The van der Waals surface area contributed by atoms with Crippen molar-refractivity contribution >= 4 is 41.6 Å². The number of hydrogen-bond acceptors (Lipinski definition) is 4. The molecule has 0 N–H and O–H groups in total. The lowest BCUT2D eigenvalue weighted by molar-refractivity contribution is 0.0524. The van der Waals surface area contributed by atoms with E-state index in [0.29, 0.717) is 0 Å². The third-order valence-electron chi connectivity index (χ3n) is 1.78. The van der Waals surface area contributed by atoms with E-state index < -0.39 is 25.7 Å². The average Bonchev–Trinajstić information content (AvgIpc) is 2.20. The highest BCUT2D eigenvalue weighted by Gasteiger charge is 2.21. The molecule has 1 aromatic rings. The van der Waals surface area contributed by atoms with E-state index >= 15 is 0 Å². The van der Waals surface area contributed by atoms with Crippen LogP contribution >= 0.6 is 26.6 Å². The van der Waals surface area contributed by atoms with Gasteiger partial charge in [-0.15, -0.1) is 0 Å². The predicted molar refractivity (Wildman–Crippen MR) is 63.1 cm³/mol. The lowest BCUT2D eigenvalue weighted by Crippen LogP contribution is -2.08. The van der Waals surface area contributed by atoms with E-state index in [2.05, 4.69) is 20.7 Å². The first-order valence-electron chi connectivity index (χ1n) is 4.38. The SMILES string of the molecule is CCOC(=O)c1cc(S(=O)(=O)Cl)cc(F)c1Br. The van der Waals surface area contributed by atoms with Gasteiger partial charge in [0.2, 0.25) is 0 Å². The highest BCUT2D eigenvalue weighted by atomic mass is 79.9. The summed E-state index contributed by atoms with van der Waals surface area (Å²) < 4.78 is 40.0. The van der Waals surface area contributed by atoms with Gasteiger partial charge in [0.25, 0.3) is 9.05 Å². The zero-order valence-corrected chi connectivity index (χ0v) is 11.7. The van der Waals surface area contributed by atoms with E-state index in [-0.39, 0.29) is 16.6 Å². The molecule has 0 aliphatic rings. The summed E-state index contributed by atoms with van der Waals surface area (Å²) in [5.41, 5.74) is -0.230. The summed E-state index contributed by atoms with van der Waals surface area (Å²) >= 11 is 2.84. The lowest BCUT2D eigenvalue weighted by Gasteiger charge is -2.06. The molecular formula is C9H7BrClFO4S. The van der Waals surface area contributed by atoms with Crippen LogP contribution in [0, 0.1) is 5.82 Å². The first kappa shape index (κ1) is 14.4. The van der Waals surface area contributed by atoms with Gasteiger partial charge in [-0.05, 0) is 35.0 Å². The molecule has 17 heavy (non-hydrogen) atoms. The maximum Gasteiger partial charge on any atom is 0.339 e. The monoisotopic (exact) mass is 344 g/mol. The van der Waals surface area contributed by atoms with E-state index in [4.69, 9.17) is 10.7 Å². The van der Waals surface area contributed by atoms with Crippen molar-refractivity contribution in [2.24, 2.45) is 0 Å². The van der Waals surface area contributed by atoms with E-state index in [1.54, 1.807) is 6.92 Å². The van der Waals surface area contributed by atoms with Crippen molar-refractivity contribution in [1.82, 2.24) is 0 Å². The maximum atomic E-state index is 13.4. The fourth-order valence-electron chi connectivity index (χ4n) is 1.06. The lowest BCUT2D eigenvalue weighted by atomic mass is 10.2. The van der Waals surface area contributed by atoms with Crippen LogP contribution in [-0.4, -0.2) is 21.0 Å². The number of rotatable bonds is 3. The van der Waals surface area contributed by atoms with Crippen molar-refractivity contribution in [3.63, 3.8) is 0 Å². The van der Waals surface area contributed by atoms with Crippen molar-refractivity contribution < 1.29 is 22.3 Å². The highest BCUT2D eigenvalue weighted by Crippen LogP contribution is 2.27. The molecule has 0 aromatic heterocycles. The third-order valence-corrected chi connectivity index (χ3v) is 3.92. The maximum absolute atomic E-state index is 13.4. The minimum atomic E-state index is -4.11. The number of ether oxygens (including phenoxy) is 1. The Kier molecular flexibility index (Phi) is 4.51. The molecule has 94 valence electrons. The average molecular weight is 346 g/mol. The Bertz CT molecular complexity index is 558. The number of halogens is 3. The Balaban J connectivity index is 3.40. The summed E-state index contributed by atoms with van der Waals surface area (Å²) in [6, 6.07) is 1.67. The van der Waals surface area contributed by atoms with Crippen molar-refractivity contribution in [2.45, 2.75) is 11.8 Å². The zero-order valence-electron chi connectivity index (χ0n) is 8.54. The summed E-state index contributed by atoms with van der Waals surface area (Å²) in [6.07, 6.45) is 0. The Morgan fingerprint density at radius 2 is 2.12 bits per heavy atom. The van der Waals surface area contributed by atoms with Gasteiger partial charge in [0.1, 0.15) is 5.82 Å². The second-order valence-electron chi connectivity index (χ2n) is 2.92. The van der Waals surface area contributed by atoms with Crippen LogP contribution in [0.5, 0.6) is 0 Å². The first-order chi connectivity index (χ1) is 7.77. The summed E-state index contributed by atoms with van der Waals surface area (Å²) in [5.74, 6) is -1.74. The number of benzene rings is 1. The topological polar surface area (TPSA) is 60.4 Å². The molecule has 0 fully saturated rings. The van der Waals surface area contributed by atoms with Gasteiger partial charge < -0.3 is 4.74 Å². The van der Waals surface area contributed by atoms with Crippen LogP contribution in [0.4, 0.5) is 4.39 Å². The molecule has 8 heteroatoms. The standard InChI is InChI=1S/C9H7BrClFO4S/c1-2-16-9(13)6-3-5(17(11,14)15)4-7(12)8(6)10/h3-4H,2H2,1H3. The minimum absolute atomic E-state index is 0.0880. The van der Waals surface area contributed by atoms with Crippen LogP contribution in [0.2, 0.25) is 0 Å². The number of carbonyl (C=O) groups is 1. The molecule has 1 rings (SSSR count). The fourth-order valence-corrected chi connectivity index (χ4v) is 2.22. The second-order valence-corrected chi connectivity index (χ2v) is 6.28. The summed E-state index contributed by atoms with van der Waals surface area (Å²) in [5, 5.41) is 0. The Labute approximate surface area is 110 Å². The number of carbonyl (C=O) groups excluding carboxylic acids is 1. The predicted octanol–water partition coefficient (Wildman–Crippen LogP) is 2.69. The van der Waals surface area contributed by atoms with Gasteiger partial charge in [-0.1, -0.05) is 0 Å². The van der Waals surface area contributed by atoms with Crippen LogP contribution < -0.4 is 0 Å². The van der Waals surface area contributed by atoms with Crippen LogP contribution in [0.15, 0.2) is 21.5 Å². The quantitative estimate of drug-likeness (QED) is 0.624. The fraction of sp³-hybridized carbons (Fsp3) is 0.222. The van der Waals surface area contributed by atoms with Crippen LogP contribution in [0.1, 0.15) is 17.3 Å². The van der Waals surface area contributed by atoms with E-state index in [1.807, 2.05) is 0 Å². The molecule has 0 radical (unpaired) electrons. The molecule has 0 atom stereocenters. The van der Waals surface area contributed by atoms with Gasteiger partial charge in [-0.25, -0.2) is 17.6 Å². The largest absolute Gasteiger partial charge is 0.462 e. The highest BCUT2D eigenvalue weighted by molar-refractivity contribution is 9.10. The van der Waals surface area contributed by atoms with E-state index in [9.17, 15) is 17.6 Å². The first-order valence-corrected chi connectivity index (χ1v) is 7.48. The molecule has 0 unspecified atom stereocenters. The Morgan fingerprint density at radius 3 is 2.59 bits per heavy atom. The third kappa shape index (κ3) is 3.40. The van der Waals surface area contributed by atoms with Gasteiger partial charge in [0, 0.05) is 10.7 Å². The van der Waals surface area contributed by atoms with E-state index in [0.717, 1.165) is 12.1 Å². The van der Waals surface area contributed by atoms with Crippen LogP contribution in [-0.2, 0) is 13.8 Å². The molecule has 4 nitrogen and oxygen atoms in total. The van der Waals surface area contributed by atoms with Gasteiger partial charge in [-0.3, -0.25) is 0 Å². The molecule has 1 aromatic carbocycles. The minimum Gasteiger partial charge on any atom is -0.462 e. The Morgan fingerprint density at radius 1 is 1.53 bits per heavy atom. The number of hydrogen-bond donors (Lipinski definition) is 0. The van der Waals surface area contributed by atoms with Crippen molar-refractivity contribution in [2.75, 3.05) is 6.61 Å². The molecular weight excluding hydrogens is 339 g/mol. The molecule has 0 amide bonds. The molecule has 0 saturated heterocycles. The van der Waals surface area contributed by atoms with Gasteiger partial charge in [0.15, 0.2) is 0 Å². The molecule has 0 spiro atoms. The Hall–Kier alpha value is -0.660. The van der Waals surface area contributed by atoms with Gasteiger partial charge >= 0.3 is 5.97 Å². The normalized spacial score (nSPS) is 11.3. The van der Waals surface area contributed by atoms with Crippen molar-refractivity contribution in [3.8, 4) is 0 Å².